The van der Waals surface area contributed by atoms with Crippen LogP contribution in [0.1, 0.15) is 12.0 Å². The summed E-state index contributed by atoms with van der Waals surface area (Å²) >= 11 is 0. The van der Waals surface area contributed by atoms with Crippen LogP contribution in [-0.4, -0.2) is 48.6 Å². The standard InChI is InChI=1S/C24H22N2O6/c1-29-19-10-8-16(14-21(19)30-2)23-17(15-26(25-23)18-6-4-3-5-7-18)9-11-22(27)32-20-12-13-31-24(20)28/h3-11,14-15,20H,12-13H2,1-2H3/b11-9-/t20-/m0/s1. The Bertz CT molecular complexity index is 1150. The van der Waals surface area contributed by atoms with Crippen molar-refractivity contribution in [1.29, 1.82) is 0 Å². The van der Waals surface area contributed by atoms with Gasteiger partial charge in [0.05, 0.1) is 26.5 Å². The Morgan fingerprint density at radius 3 is 2.59 bits per heavy atom. The minimum atomic E-state index is -0.857. The van der Waals surface area contributed by atoms with Gasteiger partial charge in [-0.1, -0.05) is 18.2 Å². The van der Waals surface area contributed by atoms with Crippen molar-refractivity contribution in [2.75, 3.05) is 20.8 Å². The van der Waals surface area contributed by atoms with Crippen LogP contribution in [0.5, 0.6) is 11.5 Å². The number of aromatic nitrogens is 2. The van der Waals surface area contributed by atoms with Crippen LogP contribution in [0, 0.1) is 0 Å². The highest BCUT2D eigenvalue weighted by Gasteiger charge is 2.29. The predicted molar refractivity (Wildman–Crippen MR) is 117 cm³/mol. The fourth-order valence-electron chi connectivity index (χ4n) is 3.35. The molecule has 0 aliphatic carbocycles. The number of ether oxygens (including phenoxy) is 4. The van der Waals surface area contributed by atoms with Gasteiger partial charge >= 0.3 is 11.9 Å². The molecule has 164 valence electrons. The van der Waals surface area contributed by atoms with Crippen molar-refractivity contribution in [2.24, 2.45) is 0 Å². The van der Waals surface area contributed by atoms with Crippen molar-refractivity contribution < 1.29 is 28.5 Å². The summed E-state index contributed by atoms with van der Waals surface area (Å²) < 4.78 is 22.5. The number of hydrogen-bond donors (Lipinski definition) is 0. The van der Waals surface area contributed by atoms with Crippen molar-refractivity contribution >= 4 is 18.0 Å². The smallest absolute Gasteiger partial charge is 0.347 e. The van der Waals surface area contributed by atoms with E-state index < -0.39 is 18.0 Å². The number of rotatable bonds is 7. The van der Waals surface area contributed by atoms with Gasteiger partial charge in [0.25, 0.3) is 0 Å². The lowest BCUT2D eigenvalue weighted by atomic mass is 10.1. The molecule has 1 aromatic heterocycles. The second-order valence-electron chi connectivity index (χ2n) is 7.00. The van der Waals surface area contributed by atoms with E-state index in [9.17, 15) is 9.59 Å². The Hall–Kier alpha value is -4.07. The molecule has 1 aliphatic heterocycles. The molecule has 1 atom stereocenters. The number of para-hydroxylation sites is 1. The van der Waals surface area contributed by atoms with Gasteiger partial charge in [0.15, 0.2) is 11.5 Å². The molecule has 0 amide bonds. The molecule has 1 saturated heterocycles. The molecule has 2 aromatic carbocycles. The number of benzene rings is 2. The lowest BCUT2D eigenvalue weighted by Gasteiger charge is -2.09. The van der Waals surface area contributed by atoms with Crippen molar-refractivity contribution in [1.82, 2.24) is 9.78 Å². The molecule has 32 heavy (non-hydrogen) atoms. The molecule has 8 heteroatoms. The molecule has 1 aliphatic rings. The summed E-state index contributed by atoms with van der Waals surface area (Å²) in [5.74, 6) is 0.0189. The summed E-state index contributed by atoms with van der Waals surface area (Å²) in [5, 5.41) is 4.72. The topological polar surface area (TPSA) is 88.9 Å². The third-order valence-corrected chi connectivity index (χ3v) is 4.96. The van der Waals surface area contributed by atoms with E-state index in [1.54, 1.807) is 31.0 Å². The Kier molecular flexibility index (Phi) is 6.21. The molecular formula is C24H22N2O6. The van der Waals surface area contributed by atoms with Gasteiger partial charge in [0.2, 0.25) is 6.10 Å². The number of nitrogens with zero attached hydrogens (tertiary/aromatic N) is 2. The Labute approximate surface area is 185 Å². The third-order valence-electron chi connectivity index (χ3n) is 4.96. The van der Waals surface area contributed by atoms with Gasteiger partial charge in [-0.15, -0.1) is 0 Å². The number of hydrogen-bond acceptors (Lipinski definition) is 7. The van der Waals surface area contributed by atoms with E-state index in [1.165, 1.54) is 6.08 Å². The lowest BCUT2D eigenvalue weighted by molar-refractivity contribution is -0.156. The van der Waals surface area contributed by atoms with Crippen LogP contribution in [0.25, 0.3) is 23.0 Å². The monoisotopic (exact) mass is 434 g/mol. The van der Waals surface area contributed by atoms with E-state index in [1.807, 2.05) is 48.7 Å². The van der Waals surface area contributed by atoms with Crippen LogP contribution in [0.15, 0.2) is 60.8 Å². The minimum Gasteiger partial charge on any atom is -0.493 e. The number of carbonyl (C=O) groups excluding carboxylic acids is 2. The van der Waals surface area contributed by atoms with Crippen molar-refractivity contribution in [3.05, 3.63) is 66.4 Å². The average molecular weight is 434 g/mol. The summed E-state index contributed by atoms with van der Waals surface area (Å²) in [6.07, 6.45) is 4.21. The summed E-state index contributed by atoms with van der Waals surface area (Å²) in [7, 11) is 3.14. The van der Waals surface area contributed by atoms with E-state index in [0.717, 1.165) is 11.3 Å². The highest BCUT2D eigenvalue weighted by atomic mass is 16.6. The maximum atomic E-state index is 12.2. The molecule has 1 fully saturated rings. The minimum absolute atomic E-state index is 0.258. The molecule has 3 aromatic rings. The summed E-state index contributed by atoms with van der Waals surface area (Å²) in [6.45, 7) is 0.258. The second kappa shape index (κ2) is 9.38. The van der Waals surface area contributed by atoms with Crippen LogP contribution < -0.4 is 9.47 Å². The van der Waals surface area contributed by atoms with E-state index in [4.69, 9.17) is 24.0 Å². The first kappa shape index (κ1) is 21.2. The van der Waals surface area contributed by atoms with Gasteiger partial charge in [-0.05, 0) is 36.4 Å². The van der Waals surface area contributed by atoms with Crippen LogP contribution in [0.3, 0.4) is 0 Å². The summed E-state index contributed by atoms with van der Waals surface area (Å²) in [6, 6.07) is 15.1. The van der Waals surface area contributed by atoms with Crippen molar-refractivity contribution in [3.8, 4) is 28.4 Å². The predicted octanol–water partition coefficient (Wildman–Crippen LogP) is 3.43. The molecule has 0 saturated carbocycles. The SMILES string of the molecule is COc1ccc(-c2nn(-c3ccccc3)cc2/C=C\C(=O)O[C@H]2CCOC2=O)cc1OC. The first-order chi connectivity index (χ1) is 15.6. The van der Waals surface area contributed by atoms with Gasteiger partial charge in [-0.3, -0.25) is 0 Å². The zero-order chi connectivity index (χ0) is 22.5. The number of carbonyl (C=O) groups is 2. The quantitative estimate of drug-likeness (QED) is 0.416. The fraction of sp³-hybridized carbons (Fsp3) is 0.208. The first-order valence-corrected chi connectivity index (χ1v) is 10.0. The molecule has 0 N–H and O–H groups in total. The molecule has 0 bridgehead atoms. The van der Waals surface area contributed by atoms with Gasteiger partial charge in [-0.25, -0.2) is 14.3 Å². The molecule has 0 unspecified atom stereocenters. The maximum Gasteiger partial charge on any atom is 0.347 e. The molecule has 0 radical (unpaired) electrons. The van der Waals surface area contributed by atoms with Gasteiger partial charge in [0.1, 0.15) is 5.69 Å². The van der Waals surface area contributed by atoms with Crippen molar-refractivity contribution in [3.63, 3.8) is 0 Å². The normalized spacial score (nSPS) is 15.6. The highest BCUT2D eigenvalue weighted by molar-refractivity contribution is 5.91. The van der Waals surface area contributed by atoms with Gasteiger partial charge in [0, 0.05) is 29.8 Å². The molecule has 2 heterocycles. The average Bonchev–Trinajstić information content (AvgIpc) is 3.44. The maximum absolute atomic E-state index is 12.2. The Morgan fingerprint density at radius 1 is 1.12 bits per heavy atom. The van der Waals surface area contributed by atoms with Gasteiger partial charge in [-0.2, -0.15) is 5.10 Å². The zero-order valence-electron chi connectivity index (χ0n) is 17.7. The van der Waals surface area contributed by atoms with Crippen LogP contribution in [0.2, 0.25) is 0 Å². The Morgan fingerprint density at radius 2 is 1.91 bits per heavy atom. The number of cyclic esters (lactones) is 1. The summed E-state index contributed by atoms with van der Waals surface area (Å²) in [5.41, 5.74) is 2.97. The molecule has 0 spiro atoms. The van der Waals surface area contributed by atoms with Crippen LogP contribution >= 0.6 is 0 Å². The third kappa shape index (κ3) is 4.49. The highest BCUT2D eigenvalue weighted by Crippen LogP contribution is 2.33. The Balaban J connectivity index is 1.68. The van der Waals surface area contributed by atoms with E-state index in [0.29, 0.717) is 29.2 Å². The van der Waals surface area contributed by atoms with Crippen LogP contribution in [-0.2, 0) is 19.1 Å². The summed E-state index contributed by atoms with van der Waals surface area (Å²) in [4.78, 5) is 23.8. The van der Waals surface area contributed by atoms with Crippen molar-refractivity contribution in [2.45, 2.75) is 12.5 Å². The second-order valence-corrected chi connectivity index (χ2v) is 7.00. The fourth-order valence-corrected chi connectivity index (χ4v) is 3.35. The molecule has 4 rings (SSSR count). The van der Waals surface area contributed by atoms with E-state index in [-0.39, 0.29) is 6.61 Å². The molecular weight excluding hydrogens is 412 g/mol. The van der Waals surface area contributed by atoms with E-state index >= 15 is 0 Å². The number of methoxy groups -OCH3 is 2. The van der Waals surface area contributed by atoms with Gasteiger partial charge < -0.3 is 18.9 Å². The molecule has 8 nitrogen and oxygen atoms in total. The first-order valence-electron chi connectivity index (χ1n) is 10.0. The zero-order valence-corrected chi connectivity index (χ0v) is 17.7. The largest absolute Gasteiger partial charge is 0.493 e. The van der Waals surface area contributed by atoms with Crippen LogP contribution in [0.4, 0.5) is 0 Å². The van der Waals surface area contributed by atoms with E-state index in [2.05, 4.69) is 0 Å². The lowest BCUT2D eigenvalue weighted by Crippen LogP contribution is -2.21. The number of esters is 2.